The number of aromatic carboxylic acids is 1. The zero-order valence-corrected chi connectivity index (χ0v) is 10.3. The fraction of sp³-hybridized carbons (Fsp3) is 0.167. The van der Waals surface area contributed by atoms with E-state index in [1.165, 1.54) is 10.7 Å². The minimum atomic E-state index is -1.07. The van der Waals surface area contributed by atoms with Crippen LogP contribution in [0.15, 0.2) is 22.9 Å². The Labute approximate surface area is 107 Å². The summed E-state index contributed by atoms with van der Waals surface area (Å²) in [4.78, 5) is 15.1. The minimum absolute atomic E-state index is 0.0172. The van der Waals surface area contributed by atoms with Crippen LogP contribution in [0.2, 0.25) is 0 Å². The second-order valence-electron chi connectivity index (χ2n) is 4.14. The molecule has 0 aromatic carbocycles. The highest BCUT2D eigenvalue weighted by Crippen LogP contribution is 2.25. The van der Waals surface area contributed by atoms with E-state index >= 15 is 0 Å². The Bertz CT molecular complexity index is 768. The van der Waals surface area contributed by atoms with Gasteiger partial charge in [-0.05, 0) is 26.0 Å². The summed E-state index contributed by atoms with van der Waals surface area (Å²) in [5.74, 6) is -0.433. The standard InChI is InChI=1S/C12H10N4O3/c1-6-11(7(2)19-15-6)8-3-4-10-13-5-9(12(17)18)16(10)14-8/h3-5H,1-2H3,(H,17,18). The fourth-order valence-corrected chi connectivity index (χ4v) is 2.00. The molecule has 19 heavy (non-hydrogen) atoms. The summed E-state index contributed by atoms with van der Waals surface area (Å²) >= 11 is 0. The van der Waals surface area contributed by atoms with Gasteiger partial charge in [0.1, 0.15) is 5.76 Å². The minimum Gasteiger partial charge on any atom is -0.476 e. The Balaban J connectivity index is 2.26. The Morgan fingerprint density at radius 2 is 2.16 bits per heavy atom. The highest BCUT2D eigenvalue weighted by atomic mass is 16.5. The van der Waals surface area contributed by atoms with Crippen molar-refractivity contribution in [2.45, 2.75) is 13.8 Å². The van der Waals surface area contributed by atoms with E-state index in [4.69, 9.17) is 9.63 Å². The summed E-state index contributed by atoms with van der Waals surface area (Å²) in [5, 5.41) is 17.2. The molecule has 0 amide bonds. The van der Waals surface area contributed by atoms with E-state index in [1.54, 1.807) is 19.1 Å². The van der Waals surface area contributed by atoms with Gasteiger partial charge in [0.15, 0.2) is 11.3 Å². The van der Waals surface area contributed by atoms with Crippen molar-refractivity contribution in [2.75, 3.05) is 0 Å². The van der Waals surface area contributed by atoms with E-state index in [9.17, 15) is 4.79 Å². The molecule has 0 fully saturated rings. The topological polar surface area (TPSA) is 93.5 Å². The molecule has 3 aromatic rings. The zero-order valence-electron chi connectivity index (χ0n) is 10.3. The molecule has 1 N–H and O–H groups in total. The Morgan fingerprint density at radius 1 is 1.37 bits per heavy atom. The summed E-state index contributed by atoms with van der Waals surface area (Å²) in [6, 6.07) is 3.47. The maximum atomic E-state index is 11.1. The van der Waals surface area contributed by atoms with Crippen LogP contribution in [-0.4, -0.2) is 30.8 Å². The Hall–Kier alpha value is -2.70. The molecule has 0 aliphatic carbocycles. The second kappa shape index (κ2) is 3.91. The van der Waals surface area contributed by atoms with Crippen LogP contribution in [-0.2, 0) is 0 Å². The molecular formula is C12H10N4O3. The summed E-state index contributed by atoms with van der Waals surface area (Å²) in [6.45, 7) is 3.59. The van der Waals surface area contributed by atoms with Crippen LogP contribution in [0.4, 0.5) is 0 Å². The SMILES string of the molecule is Cc1noc(C)c1-c1ccc2ncc(C(=O)O)n2n1. The molecule has 0 saturated heterocycles. The maximum Gasteiger partial charge on any atom is 0.356 e. The fourth-order valence-electron chi connectivity index (χ4n) is 2.00. The van der Waals surface area contributed by atoms with Gasteiger partial charge in [0.05, 0.1) is 23.1 Å². The van der Waals surface area contributed by atoms with Crippen molar-refractivity contribution in [1.82, 2.24) is 19.8 Å². The van der Waals surface area contributed by atoms with Crippen molar-refractivity contribution >= 4 is 11.6 Å². The lowest BCUT2D eigenvalue weighted by molar-refractivity contribution is 0.0688. The van der Waals surface area contributed by atoms with E-state index in [0.717, 1.165) is 5.56 Å². The van der Waals surface area contributed by atoms with Gasteiger partial charge in [0.2, 0.25) is 0 Å². The summed E-state index contributed by atoms with van der Waals surface area (Å²) in [7, 11) is 0. The van der Waals surface area contributed by atoms with Gasteiger partial charge in [-0.1, -0.05) is 5.16 Å². The van der Waals surface area contributed by atoms with Crippen molar-refractivity contribution < 1.29 is 14.4 Å². The van der Waals surface area contributed by atoms with Crippen LogP contribution in [0, 0.1) is 13.8 Å². The van der Waals surface area contributed by atoms with Crippen LogP contribution in [0.3, 0.4) is 0 Å². The molecule has 0 spiro atoms. The largest absolute Gasteiger partial charge is 0.476 e. The third kappa shape index (κ3) is 1.67. The number of nitrogens with zero attached hydrogens (tertiary/aromatic N) is 4. The average molecular weight is 258 g/mol. The summed E-state index contributed by atoms with van der Waals surface area (Å²) in [5.41, 5.74) is 2.58. The molecule has 0 aliphatic rings. The molecule has 7 heteroatoms. The first-order valence-electron chi connectivity index (χ1n) is 5.59. The van der Waals surface area contributed by atoms with E-state index in [2.05, 4.69) is 15.2 Å². The molecule has 96 valence electrons. The molecule has 0 unspecified atom stereocenters. The van der Waals surface area contributed by atoms with Crippen LogP contribution in [0.1, 0.15) is 21.9 Å². The average Bonchev–Trinajstić information content (AvgIpc) is 2.92. The van der Waals surface area contributed by atoms with E-state index in [0.29, 0.717) is 22.8 Å². The van der Waals surface area contributed by atoms with Crippen molar-refractivity contribution in [3.05, 3.63) is 35.5 Å². The molecule has 3 rings (SSSR count). The van der Waals surface area contributed by atoms with Crippen LogP contribution >= 0.6 is 0 Å². The molecule has 3 aromatic heterocycles. The lowest BCUT2D eigenvalue weighted by atomic mass is 10.1. The van der Waals surface area contributed by atoms with Gasteiger partial charge in [-0.15, -0.1) is 0 Å². The van der Waals surface area contributed by atoms with Crippen molar-refractivity contribution in [3.63, 3.8) is 0 Å². The molecule has 0 saturated carbocycles. The number of aromatic nitrogens is 4. The van der Waals surface area contributed by atoms with Gasteiger partial charge in [0.25, 0.3) is 0 Å². The van der Waals surface area contributed by atoms with Crippen LogP contribution in [0.5, 0.6) is 0 Å². The first kappa shape index (κ1) is 11.4. The summed E-state index contributed by atoms with van der Waals surface area (Å²) in [6.07, 6.45) is 1.28. The molecule has 0 bridgehead atoms. The second-order valence-corrected chi connectivity index (χ2v) is 4.14. The van der Waals surface area contributed by atoms with Crippen LogP contribution in [0.25, 0.3) is 16.9 Å². The third-order valence-electron chi connectivity index (χ3n) is 2.87. The number of carboxylic acid groups (broad SMARTS) is 1. The third-order valence-corrected chi connectivity index (χ3v) is 2.87. The molecule has 3 heterocycles. The number of rotatable bonds is 2. The van der Waals surface area contributed by atoms with Crippen molar-refractivity contribution in [1.29, 1.82) is 0 Å². The summed E-state index contributed by atoms with van der Waals surface area (Å²) < 4.78 is 6.38. The molecular weight excluding hydrogens is 248 g/mol. The number of carbonyl (C=O) groups is 1. The lowest BCUT2D eigenvalue weighted by Crippen LogP contribution is -2.05. The number of carboxylic acids is 1. The lowest BCUT2D eigenvalue weighted by Gasteiger charge is -2.01. The molecule has 0 radical (unpaired) electrons. The normalized spacial score (nSPS) is 11.1. The van der Waals surface area contributed by atoms with Crippen molar-refractivity contribution in [2.24, 2.45) is 0 Å². The van der Waals surface area contributed by atoms with Gasteiger partial charge < -0.3 is 9.63 Å². The Kier molecular flexibility index (Phi) is 2.34. The number of hydrogen-bond acceptors (Lipinski definition) is 5. The maximum absolute atomic E-state index is 11.1. The number of aryl methyl sites for hydroxylation is 2. The highest BCUT2D eigenvalue weighted by molar-refractivity contribution is 5.86. The predicted molar refractivity (Wildman–Crippen MR) is 64.9 cm³/mol. The number of imidazole rings is 1. The zero-order chi connectivity index (χ0) is 13.6. The van der Waals surface area contributed by atoms with Gasteiger partial charge in [-0.3, -0.25) is 0 Å². The van der Waals surface area contributed by atoms with E-state index in [-0.39, 0.29) is 5.69 Å². The van der Waals surface area contributed by atoms with E-state index in [1.807, 2.05) is 6.92 Å². The smallest absolute Gasteiger partial charge is 0.356 e. The van der Waals surface area contributed by atoms with Gasteiger partial charge in [0, 0.05) is 0 Å². The van der Waals surface area contributed by atoms with Gasteiger partial charge in [-0.2, -0.15) is 5.10 Å². The highest BCUT2D eigenvalue weighted by Gasteiger charge is 2.16. The first-order valence-corrected chi connectivity index (χ1v) is 5.59. The first-order chi connectivity index (χ1) is 9.08. The number of hydrogen-bond donors (Lipinski definition) is 1. The van der Waals surface area contributed by atoms with Crippen molar-refractivity contribution in [3.8, 4) is 11.3 Å². The number of fused-ring (bicyclic) bond motifs is 1. The molecule has 0 atom stereocenters. The molecule has 7 nitrogen and oxygen atoms in total. The quantitative estimate of drug-likeness (QED) is 0.751. The van der Waals surface area contributed by atoms with E-state index < -0.39 is 5.97 Å². The monoisotopic (exact) mass is 258 g/mol. The molecule has 0 aliphatic heterocycles. The predicted octanol–water partition coefficient (Wildman–Crippen LogP) is 1.70. The van der Waals surface area contributed by atoms with Gasteiger partial charge >= 0.3 is 5.97 Å². The Morgan fingerprint density at radius 3 is 2.79 bits per heavy atom. The van der Waals surface area contributed by atoms with Crippen LogP contribution < -0.4 is 0 Å². The van der Waals surface area contributed by atoms with Gasteiger partial charge in [-0.25, -0.2) is 14.3 Å².